The average molecular weight is 359 g/mol. The second-order valence-corrected chi connectivity index (χ2v) is 8.56. The summed E-state index contributed by atoms with van der Waals surface area (Å²) < 4.78 is 27.2. The first-order valence-corrected chi connectivity index (χ1v) is 10.7. The van der Waals surface area contributed by atoms with Crippen molar-refractivity contribution in [3.8, 4) is 0 Å². The number of benzene rings is 2. The highest BCUT2D eigenvalue weighted by Gasteiger charge is 2.13. The first-order chi connectivity index (χ1) is 12.1. The molecule has 134 valence electrons. The Kier molecular flexibility index (Phi) is 5.97. The minimum absolute atomic E-state index is 0.0824. The molecule has 1 aliphatic carbocycles. The molecule has 25 heavy (non-hydrogen) atoms. The van der Waals surface area contributed by atoms with Gasteiger partial charge in [0, 0.05) is 17.4 Å². The highest BCUT2D eigenvalue weighted by atomic mass is 32.2. The summed E-state index contributed by atoms with van der Waals surface area (Å²) in [5.41, 5.74) is 2.70. The summed E-state index contributed by atoms with van der Waals surface area (Å²) in [5, 5.41) is 3.54. The standard InChI is InChI=1S/C20H26N2O2S/c23-25(24,16-15-17-7-3-1-4-8-17)22-20-13-11-19(12-14-20)21-18-9-5-2-6-10-18/h1,3-4,7-8,11-14,18,21-22H,2,5-6,9-10,15-16H2. The first-order valence-electron chi connectivity index (χ1n) is 9.02. The largest absolute Gasteiger partial charge is 0.382 e. The normalized spacial score (nSPS) is 15.7. The van der Waals surface area contributed by atoms with Crippen LogP contribution in [0.3, 0.4) is 0 Å². The van der Waals surface area contributed by atoms with Crippen molar-refractivity contribution in [2.45, 2.75) is 44.6 Å². The zero-order valence-corrected chi connectivity index (χ0v) is 15.3. The molecule has 0 radical (unpaired) electrons. The van der Waals surface area contributed by atoms with Crippen molar-refractivity contribution in [3.63, 3.8) is 0 Å². The van der Waals surface area contributed by atoms with Crippen LogP contribution >= 0.6 is 0 Å². The van der Waals surface area contributed by atoms with E-state index in [0.29, 0.717) is 18.2 Å². The topological polar surface area (TPSA) is 58.2 Å². The highest BCUT2D eigenvalue weighted by molar-refractivity contribution is 7.92. The third kappa shape index (κ3) is 5.78. The van der Waals surface area contributed by atoms with Gasteiger partial charge in [-0.05, 0) is 49.1 Å². The van der Waals surface area contributed by atoms with Gasteiger partial charge in [-0.25, -0.2) is 8.42 Å². The van der Waals surface area contributed by atoms with Crippen LogP contribution in [0.1, 0.15) is 37.7 Å². The van der Waals surface area contributed by atoms with Crippen molar-refractivity contribution in [2.24, 2.45) is 0 Å². The molecule has 0 amide bonds. The van der Waals surface area contributed by atoms with E-state index in [2.05, 4.69) is 10.0 Å². The van der Waals surface area contributed by atoms with Crippen molar-refractivity contribution in [1.82, 2.24) is 0 Å². The number of rotatable bonds is 7. The molecule has 0 aliphatic heterocycles. The number of nitrogens with one attached hydrogen (secondary N) is 2. The molecule has 4 nitrogen and oxygen atoms in total. The number of hydrogen-bond acceptors (Lipinski definition) is 3. The molecule has 2 aromatic carbocycles. The van der Waals surface area contributed by atoms with Crippen LogP contribution < -0.4 is 10.0 Å². The molecule has 1 fully saturated rings. The van der Waals surface area contributed by atoms with Gasteiger partial charge in [0.2, 0.25) is 10.0 Å². The fraction of sp³-hybridized carbons (Fsp3) is 0.400. The Morgan fingerprint density at radius 2 is 1.48 bits per heavy atom. The molecule has 3 rings (SSSR count). The Morgan fingerprint density at radius 1 is 0.840 bits per heavy atom. The van der Waals surface area contributed by atoms with Crippen LogP contribution in [-0.4, -0.2) is 20.2 Å². The van der Waals surface area contributed by atoms with E-state index in [1.54, 1.807) is 0 Å². The van der Waals surface area contributed by atoms with E-state index in [4.69, 9.17) is 0 Å². The highest BCUT2D eigenvalue weighted by Crippen LogP contribution is 2.22. The monoisotopic (exact) mass is 358 g/mol. The van der Waals surface area contributed by atoms with Crippen molar-refractivity contribution in [3.05, 3.63) is 60.2 Å². The zero-order valence-electron chi connectivity index (χ0n) is 14.4. The smallest absolute Gasteiger partial charge is 0.233 e. The van der Waals surface area contributed by atoms with Crippen LogP contribution in [0.25, 0.3) is 0 Å². The number of anilines is 2. The summed E-state index contributed by atoms with van der Waals surface area (Å²) in [6.07, 6.45) is 6.86. The van der Waals surface area contributed by atoms with Gasteiger partial charge in [-0.15, -0.1) is 0 Å². The van der Waals surface area contributed by atoms with Crippen LogP contribution in [0.5, 0.6) is 0 Å². The Labute approximate surface area is 150 Å². The number of hydrogen-bond donors (Lipinski definition) is 2. The van der Waals surface area contributed by atoms with Crippen molar-refractivity contribution in [2.75, 3.05) is 15.8 Å². The maximum Gasteiger partial charge on any atom is 0.233 e. The molecule has 0 atom stereocenters. The molecule has 0 saturated heterocycles. The Morgan fingerprint density at radius 3 is 2.16 bits per heavy atom. The molecular weight excluding hydrogens is 332 g/mol. The lowest BCUT2D eigenvalue weighted by molar-refractivity contribution is 0.463. The van der Waals surface area contributed by atoms with E-state index in [9.17, 15) is 8.42 Å². The van der Waals surface area contributed by atoms with Gasteiger partial charge in [0.05, 0.1) is 5.75 Å². The van der Waals surface area contributed by atoms with Crippen molar-refractivity contribution >= 4 is 21.4 Å². The van der Waals surface area contributed by atoms with Gasteiger partial charge in [-0.2, -0.15) is 0 Å². The average Bonchev–Trinajstić information content (AvgIpc) is 2.63. The SMILES string of the molecule is O=S(=O)(CCc1ccccc1)Nc1ccc(NC2CCCCC2)cc1. The van der Waals surface area contributed by atoms with Crippen molar-refractivity contribution < 1.29 is 8.42 Å². The van der Waals surface area contributed by atoms with Gasteiger partial charge in [0.25, 0.3) is 0 Å². The molecule has 0 spiro atoms. The number of sulfonamides is 1. The summed E-state index contributed by atoms with van der Waals surface area (Å²) >= 11 is 0. The third-order valence-corrected chi connectivity index (χ3v) is 5.92. The summed E-state index contributed by atoms with van der Waals surface area (Å²) in [6.45, 7) is 0. The second kappa shape index (κ2) is 8.39. The van der Waals surface area contributed by atoms with Gasteiger partial charge in [0.15, 0.2) is 0 Å². The Balaban J connectivity index is 1.53. The van der Waals surface area contributed by atoms with E-state index < -0.39 is 10.0 Å². The van der Waals surface area contributed by atoms with E-state index in [-0.39, 0.29) is 5.75 Å². The van der Waals surface area contributed by atoms with Gasteiger partial charge < -0.3 is 5.32 Å². The fourth-order valence-corrected chi connectivity index (χ4v) is 4.35. The summed E-state index contributed by atoms with van der Waals surface area (Å²) in [7, 11) is -3.34. The quantitative estimate of drug-likeness (QED) is 0.770. The lowest BCUT2D eigenvalue weighted by Crippen LogP contribution is -2.22. The molecule has 0 aromatic heterocycles. The molecule has 1 aliphatic rings. The lowest BCUT2D eigenvalue weighted by Gasteiger charge is -2.24. The van der Waals surface area contributed by atoms with Gasteiger partial charge in [-0.3, -0.25) is 4.72 Å². The van der Waals surface area contributed by atoms with Crippen molar-refractivity contribution in [1.29, 1.82) is 0 Å². The first kappa shape index (κ1) is 17.8. The van der Waals surface area contributed by atoms with Crippen LogP contribution in [0.4, 0.5) is 11.4 Å². The predicted octanol–water partition coefficient (Wildman–Crippen LogP) is 4.42. The molecule has 0 heterocycles. The van der Waals surface area contributed by atoms with E-state index >= 15 is 0 Å². The number of aryl methyl sites for hydroxylation is 1. The second-order valence-electron chi connectivity index (χ2n) is 6.71. The van der Waals surface area contributed by atoms with E-state index in [0.717, 1.165) is 11.3 Å². The van der Waals surface area contributed by atoms with Crippen LogP contribution in [0.15, 0.2) is 54.6 Å². The van der Waals surface area contributed by atoms with Gasteiger partial charge in [-0.1, -0.05) is 49.6 Å². The third-order valence-electron chi connectivity index (χ3n) is 4.64. The summed E-state index contributed by atoms with van der Waals surface area (Å²) in [6, 6.07) is 17.8. The molecule has 2 N–H and O–H groups in total. The molecule has 0 bridgehead atoms. The predicted molar refractivity (Wildman–Crippen MR) is 104 cm³/mol. The van der Waals surface area contributed by atoms with Gasteiger partial charge in [0.1, 0.15) is 0 Å². The zero-order chi connectivity index (χ0) is 17.5. The molecular formula is C20H26N2O2S. The molecule has 2 aromatic rings. The van der Waals surface area contributed by atoms with Crippen LogP contribution in [0.2, 0.25) is 0 Å². The lowest BCUT2D eigenvalue weighted by atomic mass is 9.95. The van der Waals surface area contributed by atoms with Gasteiger partial charge >= 0.3 is 0 Å². The maximum absolute atomic E-state index is 12.2. The van der Waals surface area contributed by atoms with E-state index in [1.807, 2.05) is 54.6 Å². The van der Waals surface area contributed by atoms with E-state index in [1.165, 1.54) is 32.1 Å². The molecule has 0 unspecified atom stereocenters. The van der Waals surface area contributed by atoms with Crippen LogP contribution in [0, 0.1) is 0 Å². The van der Waals surface area contributed by atoms with Crippen LogP contribution in [-0.2, 0) is 16.4 Å². The minimum Gasteiger partial charge on any atom is -0.382 e. The molecule has 1 saturated carbocycles. The Hall–Kier alpha value is -2.01. The minimum atomic E-state index is -3.34. The molecule has 5 heteroatoms. The summed E-state index contributed by atoms with van der Waals surface area (Å²) in [5.74, 6) is 0.0824. The maximum atomic E-state index is 12.2. The fourth-order valence-electron chi connectivity index (χ4n) is 3.24. The Bertz CT molecular complexity index is 752. The summed E-state index contributed by atoms with van der Waals surface area (Å²) in [4.78, 5) is 0.